The highest BCUT2D eigenvalue weighted by Crippen LogP contribution is 2.39. The fraction of sp³-hybridized carbons (Fsp3) is 0.941. The van der Waals surface area contributed by atoms with E-state index >= 15 is 0 Å². The number of halogens is 3. The fourth-order valence-electron chi connectivity index (χ4n) is 3.77. The summed E-state index contributed by atoms with van der Waals surface area (Å²) in [6, 6.07) is 0.404. The van der Waals surface area contributed by atoms with Gasteiger partial charge in [0.05, 0.1) is 5.92 Å². The number of rotatable bonds is 4. The lowest BCUT2D eigenvalue weighted by Crippen LogP contribution is -2.55. The first-order valence-corrected chi connectivity index (χ1v) is 9.19. The molecule has 1 aliphatic carbocycles. The summed E-state index contributed by atoms with van der Waals surface area (Å²) in [6.07, 6.45) is -2.05. The molecule has 0 bridgehead atoms. The summed E-state index contributed by atoms with van der Waals surface area (Å²) in [5, 5.41) is 6.54. The molecule has 2 aliphatic rings. The molecule has 8 heteroatoms. The predicted molar refractivity (Wildman–Crippen MR) is 94.8 cm³/mol. The van der Waals surface area contributed by atoms with Gasteiger partial charge in [-0.1, -0.05) is 6.42 Å². The highest BCUT2D eigenvalue weighted by Gasteiger charge is 2.42. The SMILES string of the molecule is CN=C(NCC1CCCC(C(F)(F)F)C1)NCC1CN(C)CCN1C. The van der Waals surface area contributed by atoms with E-state index in [9.17, 15) is 13.2 Å². The molecule has 0 spiro atoms. The summed E-state index contributed by atoms with van der Waals surface area (Å²) < 4.78 is 38.7. The molecule has 2 fully saturated rings. The van der Waals surface area contributed by atoms with Gasteiger partial charge in [-0.3, -0.25) is 9.89 Å². The second-order valence-corrected chi connectivity index (χ2v) is 7.50. The normalized spacial score (nSPS) is 30.3. The molecule has 0 aromatic carbocycles. The molecule has 5 nitrogen and oxygen atoms in total. The number of alkyl halides is 3. The second-order valence-electron chi connectivity index (χ2n) is 7.50. The van der Waals surface area contributed by atoms with Crippen molar-refractivity contribution in [1.29, 1.82) is 0 Å². The van der Waals surface area contributed by atoms with Crippen molar-refractivity contribution in [3.63, 3.8) is 0 Å². The lowest BCUT2D eigenvalue weighted by Gasteiger charge is -2.38. The molecule has 1 saturated heterocycles. The molecule has 0 amide bonds. The molecule has 146 valence electrons. The summed E-state index contributed by atoms with van der Waals surface area (Å²) in [7, 11) is 5.94. The van der Waals surface area contributed by atoms with E-state index in [-0.39, 0.29) is 18.8 Å². The number of aliphatic imine (C=N–C) groups is 1. The van der Waals surface area contributed by atoms with Gasteiger partial charge < -0.3 is 15.5 Å². The van der Waals surface area contributed by atoms with Crippen molar-refractivity contribution in [1.82, 2.24) is 20.4 Å². The van der Waals surface area contributed by atoms with Crippen LogP contribution >= 0.6 is 0 Å². The Hall–Kier alpha value is -1.02. The van der Waals surface area contributed by atoms with Crippen LogP contribution in [0.25, 0.3) is 0 Å². The minimum Gasteiger partial charge on any atom is -0.356 e. The Labute approximate surface area is 149 Å². The lowest BCUT2D eigenvalue weighted by atomic mass is 9.81. The van der Waals surface area contributed by atoms with Gasteiger partial charge in [0.25, 0.3) is 0 Å². The first-order chi connectivity index (χ1) is 11.8. The van der Waals surface area contributed by atoms with E-state index in [0.29, 0.717) is 25.0 Å². The van der Waals surface area contributed by atoms with Crippen molar-refractivity contribution in [2.24, 2.45) is 16.8 Å². The molecule has 2 N–H and O–H groups in total. The summed E-state index contributed by atoms with van der Waals surface area (Å²) in [4.78, 5) is 8.84. The van der Waals surface area contributed by atoms with Crippen LogP contribution in [0, 0.1) is 11.8 Å². The van der Waals surface area contributed by atoms with Gasteiger partial charge in [0, 0.05) is 45.8 Å². The van der Waals surface area contributed by atoms with Gasteiger partial charge in [-0.2, -0.15) is 13.2 Å². The molecular formula is C17H32F3N5. The van der Waals surface area contributed by atoms with E-state index in [4.69, 9.17) is 0 Å². The van der Waals surface area contributed by atoms with Crippen LogP contribution in [-0.4, -0.2) is 81.8 Å². The van der Waals surface area contributed by atoms with Crippen LogP contribution in [0.3, 0.4) is 0 Å². The molecular weight excluding hydrogens is 331 g/mol. The third-order valence-electron chi connectivity index (χ3n) is 5.51. The zero-order chi connectivity index (χ0) is 18.4. The van der Waals surface area contributed by atoms with E-state index in [1.807, 2.05) is 0 Å². The Morgan fingerprint density at radius 3 is 2.52 bits per heavy atom. The topological polar surface area (TPSA) is 42.9 Å². The number of nitrogens with one attached hydrogen (secondary N) is 2. The Bertz CT molecular complexity index is 440. The number of nitrogens with zero attached hydrogens (tertiary/aromatic N) is 3. The fourth-order valence-corrected chi connectivity index (χ4v) is 3.77. The molecule has 1 aliphatic heterocycles. The number of hydrogen-bond acceptors (Lipinski definition) is 3. The quantitative estimate of drug-likeness (QED) is 0.590. The molecule has 0 aromatic heterocycles. The van der Waals surface area contributed by atoms with Crippen LogP contribution in [0.4, 0.5) is 13.2 Å². The third-order valence-corrected chi connectivity index (χ3v) is 5.51. The number of hydrogen-bond donors (Lipinski definition) is 2. The monoisotopic (exact) mass is 363 g/mol. The van der Waals surface area contributed by atoms with Crippen molar-refractivity contribution in [2.45, 2.75) is 37.9 Å². The van der Waals surface area contributed by atoms with Gasteiger partial charge in [-0.25, -0.2) is 0 Å². The Morgan fingerprint density at radius 1 is 1.12 bits per heavy atom. The second kappa shape index (κ2) is 9.07. The highest BCUT2D eigenvalue weighted by atomic mass is 19.4. The van der Waals surface area contributed by atoms with Crippen molar-refractivity contribution in [3.05, 3.63) is 0 Å². The maximum absolute atomic E-state index is 12.9. The van der Waals surface area contributed by atoms with Gasteiger partial charge in [-0.05, 0) is 39.3 Å². The zero-order valence-electron chi connectivity index (χ0n) is 15.6. The molecule has 0 aromatic rings. The van der Waals surface area contributed by atoms with E-state index < -0.39 is 12.1 Å². The number of likely N-dealkylation sites (N-methyl/N-ethyl adjacent to an activating group) is 2. The van der Waals surface area contributed by atoms with Crippen LogP contribution in [0.15, 0.2) is 4.99 Å². The van der Waals surface area contributed by atoms with Crippen molar-refractivity contribution in [3.8, 4) is 0 Å². The minimum absolute atomic E-state index is 0.0578. The maximum Gasteiger partial charge on any atom is 0.391 e. The molecule has 0 radical (unpaired) electrons. The van der Waals surface area contributed by atoms with E-state index in [1.54, 1.807) is 7.05 Å². The van der Waals surface area contributed by atoms with Gasteiger partial charge in [0.15, 0.2) is 5.96 Å². The first-order valence-electron chi connectivity index (χ1n) is 9.19. The molecule has 25 heavy (non-hydrogen) atoms. The van der Waals surface area contributed by atoms with Crippen LogP contribution < -0.4 is 10.6 Å². The highest BCUT2D eigenvalue weighted by molar-refractivity contribution is 5.79. The van der Waals surface area contributed by atoms with Crippen molar-refractivity contribution in [2.75, 3.05) is 53.9 Å². The molecule has 1 heterocycles. The van der Waals surface area contributed by atoms with Crippen LogP contribution in [0.5, 0.6) is 0 Å². The molecule has 3 unspecified atom stereocenters. The summed E-state index contributed by atoms with van der Waals surface area (Å²) in [5.74, 6) is -0.410. The van der Waals surface area contributed by atoms with Crippen LogP contribution in [0.2, 0.25) is 0 Å². The van der Waals surface area contributed by atoms with Gasteiger partial charge in [0.1, 0.15) is 0 Å². The average molecular weight is 363 g/mol. The Kier molecular flexibility index (Phi) is 7.37. The average Bonchev–Trinajstić information content (AvgIpc) is 2.57. The van der Waals surface area contributed by atoms with E-state index in [2.05, 4.69) is 39.5 Å². The summed E-state index contributed by atoms with van der Waals surface area (Å²) in [5.41, 5.74) is 0. The lowest BCUT2D eigenvalue weighted by molar-refractivity contribution is -0.185. The Balaban J connectivity index is 1.74. The van der Waals surface area contributed by atoms with Gasteiger partial charge in [-0.15, -0.1) is 0 Å². The number of guanidine groups is 1. The van der Waals surface area contributed by atoms with Gasteiger partial charge in [0.2, 0.25) is 0 Å². The van der Waals surface area contributed by atoms with E-state index in [1.165, 1.54) is 0 Å². The minimum atomic E-state index is -4.06. The standard InChI is InChI=1S/C17H32F3N5/c1-21-16(23-11-15-12-24(2)7-8-25(15)3)22-10-13-5-4-6-14(9-13)17(18,19)20/h13-15H,4-12H2,1-3H3,(H2,21,22,23). The Morgan fingerprint density at radius 2 is 1.84 bits per heavy atom. The first kappa shape index (κ1) is 20.3. The molecule has 2 rings (SSSR count). The van der Waals surface area contributed by atoms with Crippen molar-refractivity contribution >= 4 is 5.96 Å². The zero-order valence-corrected chi connectivity index (χ0v) is 15.6. The van der Waals surface area contributed by atoms with Crippen LogP contribution in [-0.2, 0) is 0 Å². The maximum atomic E-state index is 12.9. The largest absolute Gasteiger partial charge is 0.391 e. The predicted octanol–water partition coefficient (Wildman–Crippen LogP) is 1.77. The van der Waals surface area contributed by atoms with Crippen molar-refractivity contribution < 1.29 is 13.2 Å². The third kappa shape index (κ3) is 6.33. The summed E-state index contributed by atoms with van der Waals surface area (Å²) in [6.45, 7) is 4.43. The van der Waals surface area contributed by atoms with Gasteiger partial charge >= 0.3 is 6.18 Å². The molecule has 3 atom stereocenters. The summed E-state index contributed by atoms with van der Waals surface area (Å²) >= 11 is 0. The van der Waals surface area contributed by atoms with E-state index in [0.717, 1.165) is 32.6 Å². The number of piperazine rings is 1. The van der Waals surface area contributed by atoms with Crippen LogP contribution in [0.1, 0.15) is 25.7 Å². The molecule has 1 saturated carbocycles. The smallest absolute Gasteiger partial charge is 0.356 e.